The van der Waals surface area contributed by atoms with Crippen LogP contribution in [-0.4, -0.2) is 288 Å². The van der Waals surface area contributed by atoms with Gasteiger partial charge >= 0.3 is 38.6 Å². The third kappa shape index (κ3) is 27.9. The maximum atomic E-state index is 17.7. The number of carbonyl (C=O) groups excluding carboxylic acids is 4. The fraction of sp³-hybridized carbons (Fsp3) is 0.621. The van der Waals surface area contributed by atoms with Crippen molar-refractivity contribution < 1.29 is 107 Å². The lowest BCUT2D eigenvalue weighted by Crippen LogP contribution is -2.51. The molecule has 3 aromatic carbocycles. The molecule has 43 heteroatoms. The summed E-state index contributed by atoms with van der Waals surface area (Å²) in [5, 5.41) is 15.7. The van der Waals surface area contributed by atoms with Crippen LogP contribution in [0, 0.1) is 0 Å². The van der Waals surface area contributed by atoms with Gasteiger partial charge in [-0.3, -0.25) is 32.6 Å². The second kappa shape index (κ2) is 46.6. The number of carbonyl (C=O) groups is 4. The highest BCUT2D eigenvalue weighted by atomic mass is 32.5. The third-order valence-electron chi connectivity index (χ3n) is 24.0. The predicted molar refractivity (Wildman–Crippen MR) is 499 cm³/mol. The molecule has 4 N–H and O–H groups in total. The molecule has 5 aromatic rings. The normalized spacial score (nSPS) is 21.3. The first-order valence-corrected chi connectivity index (χ1v) is 58.9. The van der Waals surface area contributed by atoms with Crippen molar-refractivity contribution in [3.05, 3.63) is 141 Å². The number of rotatable bonds is 40. The van der Waals surface area contributed by atoms with Gasteiger partial charge in [0, 0.05) is 34.5 Å². The van der Waals surface area contributed by atoms with Crippen LogP contribution in [0.25, 0.3) is 11.2 Å². The first-order valence-electron chi connectivity index (χ1n) is 44.3. The van der Waals surface area contributed by atoms with E-state index in [1.165, 1.54) is 92.7 Å². The highest BCUT2D eigenvalue weighted by molar-refractivity contribution is 8.07. The molecule has 4 amide bonds. The summed E-state index contributed by atoms with van der Waals surface area (Å²) in [4.78, 5) is 103. The van der Waals surface area contributed by atoms with Crippen LogP contribution in [0.5, 0.6) is 11.5 Å². The van der Waals surface area contributed by atoms with Gasteiger partial charge in [0.15, 0.2) is 38.1 Å². The molecule has 6 aliphatic rings. The van der Waals surface area contributed by atoms with Crippen LogP contribution < -0.4 is 25.7 Å². The van der Waals surface area contributed by atoms with E-state index in [2.05, 4.69) is 116 Å². The summed E-state index contributed by atoms with van der Waals surface area (Å²) in [6, 6.07) is 24.0. The Morgan fingerprint density at radius 1 is 0.708 bits per heavy atom. The van der Waals surface area contributed by atoms with Gasteiger partial charge in [0.25, 0.3) is 5.56 Å². The predicted octanol–water partition coefficient (Wildman–Crippen LogP) is 14.0. The van der Waals surface area contributed by atoms with Crippen molar-refractivity contribution in [1.29, 1.82) is 0 Å². The van der Waals surface area contributed by atoms with E-state index < -0.39 is 153 Å². The number of nitrogens with zero attached hydrogens (tertiary/aromatic N) is 11. The van der Waals surface area contributed by atoms with Crippen LogP contribution in [0.4, 0.5) is 27.2 Å². The van der Waals surface area contributed by atoms with E-state index in [-0.39, 0.29) is 89.1 Å². The third-order valence-corrected chi connectivity index (χ3v) is 35.6. The molecule has 7 heterocycles. The lowest BCUT2D eigenvalue weighted by atomic mass is 9.80. The number of halogens is 4. The number of nitrogens with one attached hydrogen (secondary N) is 2. The first kappa shape index (κ1) is 106. The van der Waals surface area contributed by atoms with E-state index in [0.29, 0.717) is 63.1 Å². The number of fused-ring (bicyclic) bond motifs is 1. The molecule has 11 rings (SSSR count). The van der Waals surface area contributed by atoms with E-state index in [1.54, 1.807) is 24.3 Å². The topological polar surface area (TPSA) is 354 Å². The highest BCUT2D eigenvalue weighted by Crippen LogP contribution is 2.59. The molecular formula is C87H133F4N13O20P2SSi3. The Labute approximate surface area is 768 Å². The molecule has 10 atom stereocenters. The van der Waals surface area contributed by atoms with Crippen LogP contribution in [0.3, 0.4) is 0 Å². The number of alkyl halides is 4. The van der Waals surface area contributed by atoms with Crippen molar-refractivity contribution in [3.8, 4) is 11.5 Å². The minimum absolute atomic E-state index is 0.0213. The number of ether oxygens (including phenoxy) is 8. The number of alkyl carbamates (subject to hydrolysis) is 1. The Bertz CT molecular complexity index is 4810. The fourth-order valence-electron chi connectivity index (χ4n) is 15.3. The summed E-state index contributed by atoms with van der Waals surface area (Å²) in [6.07, 6.45) is -12.7. The zero-order chi connectivity index (χ0) is 95.5. The lowest BCUT2D eigenvalue weighted by Gasteiger charge is -2.42. The standard InChI is InChI=1S/C75H103F4N11O20P2SSi3.2C6H15N/c1-73(2,3)116(12,13)110-63-57(43-104-74(50-18-15-14-16-19-50,51-23-27-54(99-4)28-24-51)52-25-29-55(100-5)30-26-52)107-69(88-46-81-62-66(88)82-45-86(67(62)92)32-33-101-47-83-59(91)39-80-71(94)102-34-36-114(6,7)8)64(63)109-112(113,105-42-53-20-17-31-87(53)70(93)75(77,78)79)106-44-58-65(111(96,97)98)61(76)68(108-58)89-40-48-21-22-49-41-90(84-38-56(85-89)60(48)49)72(95)103-35-37-115(9,10)11;2*1-4-7(5-2)6-3/h14-16,18-19,23-30,38,40,45-46,53,57-58,61,63-65,68-69H,17,20-22,31-37,39,41-44,47H2,1-13H3,(H,80,94)(H,83,91)(H2,96,97,98);2*4-6H2,1-3H3/t53-,57-,58-,61+,63-,64-,65-,68-,69-,112-;;/m1../s1. The average Bonchev–Trinajstić information content (AvgIpc) is 1.60. The maximum absolute atomic E-state index is 17.7. The summed E-state index contributed by atoms with van der Waals surface area (Å²) in [5.74, 6) is -1.66. The van der Waals surface area contributed by atoms with Crippen LogP contribution >= 0.6 is 14.3 Å². The van der Waals surface area contributed by atoms with Crippen LogP contribution in [-0.2, 0) is 84.5 Å². The van der Waals surface area contributed by atoms with Gasteiger partial charge in [-0.05, 0) is 159 Å². The molecule has 33 nitrogen and oxygen atoms in total. The first-order chi connectivity index (χ1) is 61.3. The molecule has 0 saturated carbocycles. The maximum Gasteiger partial charge on any atom is 0.471 e. The molecule has 1 aliphatic carbocycles. The smallest absolute Gasteiger partial charge is 0.471 e. The largest absolute Gasteiger partial charge is 0.497 e. The summed E-state index contributed by atoms with van der Waals surface area (Å²) < 4.78 is 155. The van der Waals surface area contributed by atoms with Crippen molar-refractivity contribution >= 4 is 97.7 Å². The number of allylic oxidation sites excluding steroid dienone is 2. The second-order valence-corrected chi connectivity index (χ2v) is 56.9. The number of aromatic nitrogens is 4. The number of hydrogen-bond acceptors (Lipinski definition) is 26. The molecule has 722 valence electrons. The minimum atomic E-state index is -5.60. The van der Waals surface area contributed by atoms with Gasteiger partial charge in [-0.25, -0.2) is 29.0 Å². The SMILES string of the molecule is CCN(CC)CC.CCN(CC)CC.COc1ccc(C(OC[C@H]2O[C@@H](n3cnc4c(=O)n(CCOCNC(=O)CNC(=O)OCC[Si](C)(C)C)cnc43)[C@H](O[P@@](=S)(OC[C@H]3CCCN3C(=O)C(F)(F)F)OC[C@H]3O[C@@H](N4C=C5CCC6=C5C(=N4)C=NN(C(=O)OCC[Si](C)(C)C)C6)[C@@H](F)[C@@H]3P(=O)(O)O)[C@@H]2O[Si](C)(C)C(C)(C)C)(c2ccccc2)c2ccc(OC)cc2)cc1. The molecule has 0 spiro atoms. The molecule has 2 aromatic heterocycles. The Morgan fingerprint density at radius 2 is 1.28 bits per heavy atom. The zero-order valence-corrected chi connectivity index (χ0v) is 83.9. The summed E-state index contributed by atoms with van der Waals surface area (Å²) in [6.45, 7) is 35.1. The lowest BCUT2D eigenvalue weighted by molar-refractivity contribution is -0.186. The summed E-state index contributed by atoms with van der Waals surface area (Å²) in [7, 11) is -8.80. The molecule has 0 unspecified atom stereocenters. The van der Waals surface area contributed by atoms with Crippen molar-refractivity contribution in [2.45, 2.75) is 231 Å². The van der Waals surface area contributed by atoms with Crippen molar-refractivity contribution in [1.82, 2.24) is 54.5 Å². The zero-order valence-electron chi connectivity index (χ0n) is 78.3. The number of benzene rings is 3. The van der Waals surface area contributed by atoms with Gasteiger partial charge in [0.05, 0.1) is 85.5 Å². The number of imidazole rings is 1. The van der Waals surface area contributed by atoms with E-state index >= 15 is 4.39 Å². The summed E-state index contributed by atoms with van der Waals surface area (Å²) in [5.41, 5.74) is -0.615. The van der Waals surface area contributed by atoms with Gasteiger partial charge < -0.3 is 86.5 Å². The molecule has 130 heavy (non-hydrogen) atoms. The number of hydrogen-bond donors (Lipinski definition) is 4. The van der Waals surface area contributed by atoms with Gasteiger partial charge in [-0.15, -0.1) is 0 Å². The Kier molecular flexibility index (Phi) is 38.1. The van der Waals surface area contributed by atoms with E-state index in [9.17, 15) is 51.5 Å². The Morgan fingerprint density at radius 3 is 1.84 bits per heavy atom. The van der Waals surface area contributed by atoms with Crippen LogP contribution in [0.2, 0.25) is 69.5 Å². The van der Waals surface area contributed by atoms with Gasteiger partial charge in [-0.1, -0.05) is 156 Å². The summed E-state index contributed by atoms with van der Waals surface area (Å²) >= 11 is 6.46. The van der Waals surface area contributed by atoms with Gasteiger partial charge in [0.2, 0.25) is 5.91 Å². The fourth-order valence-corrected chi connectivity index (χ4v) is 21.2. The van der Waals surface area contributed by atoms with Gasteiger partial charge in [-0.2, -0.15) is 28.4 Å². The molecule has 0 radical (unpaired) electrons. The van der Waals surface area contributed by atoms with Crippen molar-refractivity contribution in [2.24, 2.45) is 10.2 Å². The van der Waals surface area contributed by atoms with Gasteiger partial charge in [0.1, 0.15) is 72.5 Å². The highest BCUT2D eigenvalue weighted by Gasteiger charge is 2.59. The molecule has 3 saturated heterocycles. The quantitative estimate of drug-likeness (QED) is 0.00707. The van der Waals surface area contributed by atoms with E-state index in [4.69, 9.17) is 72.7 Å². The van der Waals surface area contributed by atoms with Crippen molar-refractivity contribution in [2.75, 3.05) is 119 Å². The Balaban J connectivity index is 0.00000126. The molecule has 5 aliphatic heterocycles. The molecule has 0 bridgehead atoms. The minimum Gasteiger partial charge on any atom is -0.497 e. The number of amides is 4. The molecule has 3 fully saturated rings. The van der Waals surface area contributed by atoms with Crippen molar-refractivity contribution in [3.63, 3.8) is 0 Å². The molecular weight excluding hydrogens is 1800 g/mol. The Hall–Kier alpha value is -7.52. The number of methoxy groups -OCH3 is 2. The van der Waals surface area contributed by atoms with Crippen LogP contribution in [0.1, 0.15) is 111 Å². The number of hydrazone groups is 2. The number of likely N-dealkylation sites (tertiary alicyclic amines) is 1. The van der Waals surface area contributed by atoms with Crippen LogP contribution in [0.15, 0.2) is 129 Å². The monoisotopic (exact) mass is 1930 g/mol. The van der Waals surface area contributed by atoms with E-state index in [0.717, 1.165) is 16.6 Å². The average molecular weight is 1940 g/mol. The second-order valence-electron chi connectivity index (χ2n) is 36.2. The van der Waals surface area contributed by atoms with E-state index in [1.807, 2.05) is 88.5 Å².